The maximum absolute atomic E-state index is 12.4. The molecule has 0 unspecified atom stereocenters. The highest BCUT2D eigenvalue weighted by Crippen LogP contribution is 2.18. The van der Waals surface area contributed by atoms with Crippen molar-refractivity contribution in [3.8, 4) is 0 Å². The van der Waals surface area contributed by atoms with E-state index in [9.17, 15) is 9.59 Å². The molecule has 0 bridgehead atoms. The van der Waals surface area contributed by atoms with Crippen LogP contribution in [0.1, 0.15) is 23.7 Å². The fourth-order valence-corrected chi connectivity index (χ4v) is 2.73. The molecule has 5 nitrogen and oxygen atoms in total. The zero-order chi connectivity index (χ0) is 15.5. The molecule has 114 valence electrons. The second-order valence-electron chi connectivity index (χ2n) is 5.53. The van der Waals surface area contributed by atoms with Crippen LogP contribution in [0.5, 0.6) is 0 Å². The quantitative estimate of drug-likeness (QED) is 0.860. The summed E-state index contributed by atoms with van der Waals surface area (Å²) in [6, 6.07) is 9.67. The summed E-state index contributed by atoms with van der Waals surface area (Å²) < 4.78 is 1.38. The van der Waals surface area contributed by atoms with Crippen molar-refractivity contribution < 1.29 is 4.79 Å². The first-order valence-electron chi connectivity index (χ1n) is 7.57. The number of hydrogen-bond donors (Lipinski definition) is 0. The monoisotopic (exact) mass is 297 g/mol. The van der Waals surface area contributed by atoms with Crippen molar-refractivity contribution in [3.05, 3.63) is 63.8 Å². The van der Waals surface area contributed by atoms with Crippen LogP contribution < -0.4 is 5.56 Å². The molecule has 0 saturated heterocycles. The predicted octanol–water partition coefficient (Wildman–Crippen LogP) is 1.39. The van der Waals surface area contributed by atoms with Crippen LogP contribution in [0.3, 0.4) is 0 Å². The smallest absolute Gasteiger partial charge is 0.253 e. The number of aryl methyl sites for hydroxylation is 1. The van der Waals surface area contributed by atoms with Gasteiger partial charge in [-0.25, -0.2) is 4.98 Å². The van der Waals surface area contributed by atoms with Crippen molar-refractivity contribution in [1.82, 2.24) is 14.5 Å². The predicted molar refractivity (Wildman–Crippen MR) is 83.4 cm³/mol. The van der Waals surface area contributed by atoms with E-state index in [0.717, 1.165) is 12.1 Å². The van der Waals surface area contributed by atoms with Crippen molar-refractivity contribution in [2.45, 2.75) is 32.9 Å². The van der Waals surface area contributed by atoms with Crippen molar-refractivity contribution in [1.29, 1.82) is 0 Å². The van der Waals surface area contributed by atoms with Crippen molar-refractivity contribution in [2.24, 2.45) is 0 Å². The minimum absolute atomic E-state index is 0.0392. The standard InChI is InChI=1S/C17H19N3O2/c1-2-15-9-16(21)20(12-18-15)11-17(22)19-8-7-13-5-3-4-6-14(13)10-19/h3-6,9,12H,2,7-8,10-11H2,1H3. The van der Waals surface area contributed by atoms with E-state index < -0.39 is 0 Å². The van der Waals surface area contributed by atoms with E-state index >= 15 is 0 Å². The number of benzene rings is 1. The Hall–Kier alpha value is -2.43. The molecule has 0 atom stereocenters. The fourth-order valence-electron chi connectivity index (χ4n) is 2.73. The Kier molecular flexibility index (Phi) is 4.04. The molecular weight excluding hydrogens is 278 g/mol. The molecule has 1 aliphatic rings. The number of hydrogen-bond acceptors (Lipinski definition) is 3. The highest BCUT2D eigenvalue weighted by Gasteiger charge is 2.20. The lowest BCUT2D eigenvalue weighted by Gasteiger charge is -2.29. The molecule has 22 heavy (non-hydrogen) atoms. The summed E-state index contributed by atoms with van der Waals surface area (Å²) in [6.07, 6.45) is 3.05. The van der Waals surface area contributed by atoms with Gasteiger partial charge in [0.15, 0.2) is 0 Å². The highest BCUT2D eigenvalue weighted by atomic mass is 16.2. The van der Waals surface area contributed by atoms with Crippen LogP contribution in [0.15, 0.2) is 41.5 Å². The second-order valence-corrected chi connectivity index (χ2v) is 5.53. The molecule has 0 aliphatic carbocycles. The SMILES string of the molecule is CCc1cc(=O)n(CC(=O)N2CCc3ccccc3C2)cn1. The number of rotatable bonds is 3. The fraction of sp³-hybridized carbons (Fsp3) is 0.353. The molecular formula is C17H19N3O2. The van der Waals surface area contributed by atoms with Gasteiger partial charge in [0.1, 0.15) is 6.54 Å². The zero-order valence-electron chi connectivity index (χ0n) is 12.7. The summed E-state index contributed by atoms with van der Waals surface area (Å²) in [7, 11) is 0. The molecule has 1 aromatic carbocycles. The Labute approximate surface area is 129 Å². The Morgan fingerprint density at radius 3 is 2.77 bits per heavy atom. The van der Waals surface area contributed by atoms with Crippen LogP contribution >= 0.6 is 0 Å². The minimum atomic E-state index is -0.169. The summed E-state index contributed by atoms with van der Waals surface area (Å²) in [4.78, 5) is 30.4. The molecule has 1 aliphatic heterocycles. The van der Waals surface area contributed by atoms with Gasteiger partial charge in [0.05, 0.1) is 6.33 Å². The van der Waals surface area contributed by atoms with Crippen LogP contribution in [0.4, 0.5) is 0 Å². The maximum atomic E-state index is 12.4. The first kappa shape index (κ1) is 14.5. The summed E-state index contributed by atoms with van der Waals surface area (Å²) in [5, 5.41) is 0. The van der Waals surface area contributed by atoms with Gasteiger partial charge in [0, 0.05) is 24.8 Å². The third kappa shape index (κ3) is 2.93. The second kappa shape index (κ2) is 6.13. The molecule has 2 heterocycles. The van der Waals surface area contributed by atoms with E-state index in [1.54, 1.807) is 0 Å². The van der Waals surface area contributed by atoms with Gasteiger partial charge in [-0.1, -0.05) is 31.2 Å². The molecule has 0 saturated carbocycles. The first-order valence-corrected chi connectivity index (χ1v) is 7.57. The summed E-state index contributed by atoms with van der Waals surface area (Å²) in [5.74, 6) is -0.0392. The van der Waals surface area contributed by atoms with Gasteiger partial charge in [-0.3, -0.25) is 14.2 Å². The van der Waals surface area contributed by atoms with Crippen LogP contribution in [0.2, 0.25) is 0 Å². The molecule has 1 aromatic heterocycles. The van der Waals surface area contributed by atoms with Crippen molar-refractivity contribution in [3.63, 3.8) is 0 Å². The molecule has 0 spiro atoms. The Morgan fingerprint density at radius 2 is 2.05 bits per heavy atom. The average molecular weight is 297 g/mol. The van der Waals surface area contributed by atoms with Gasteiger partial charge in [-0.05, 0) is 24.0 Å². The molecule has 0 radical (unpaired) electrons. The largest absolute Gasteiger partial charge is 0.336 e. The number of carbonyl (C=O) groups excluding carboxylic acids is 1. The Bertz CT molecular complexity index is 752. The van der Waals surface area contributed by atoms with Crippen LogP contribution in [-0.4, -0.2) is 26.9 Å². The molecule has 5 heteroatoms. The van der Waals surface area contributed by atoms with Gasteiger partial charge in [-0.2, -0.15) is 0 Å². The summed E-state index contributed by atoms with van der Waals surface area (Å²) in [6.45, 7) is 3.32. The van der Waals surface area contributed by atoms with Crippen molar-refractivity contribution >= 4 is 5.91 Å². The van der Waals surface area contributed by atoms with Crippen molar-refractivity contribution in [2.75, 3.05) is 6.54 Å². The molecule has 1 amide bonds. The van der Waals surface area contributed by atoms with Gasteiger partial charge >= 0.3 is 0 Å². The van der Waals surface area contributed by atoms with Crippen LogP contribution in [-0.2, 0) is 30.7 Å². The Morgan fingerprint density at radius 1 is 1.27 bits per heavy atom. The Balaban J connectivity index is 1.72. The molecule has 0 fully saturated rings. The zero-order valence-corrected chi connectivity index (χ0v) is 12.7. The number of aromatic nitrogens is 2. The first-order chi connectivity index (χ1) is 10.7. The lowest BCUT2D eigenvalue weighted by atomic mass is 10.00. The van der Waals surface area contributed by atoms with Crippen LogP contribution in [0, 0.1) is 0 Å². The van der Waals surface area contributed by atoms with Gasteiger partial charge in [0.2, 0.25) is 5.91 Å². The van der Waals surface area contributed by atoms with Gasteiger partial charge in [-0.15, -0.1) is 0 Å². The van der Waals surface area contributed by atoms with E-state index in [-0.39, 0.29) is 18.0 Å². The number of nitrogens with zero attached hydrogens (tertiary/aromatic N) is 3. The lowest BCUT2D eigenvalue weighted by Crippen LogP contribution is -2.39. The molecule has 2 aromatic rings. The van der Waals surface area contributed by atoms with E-state index in [0.29, 0.717) is 19.5 Å². The van der Waals surface area contributed by atoms with Gasteiger partial charge < -0.3 is 4.90 Å². The summed E-state index contributed by atoms with van der Waals surface area (Å²) >= 11 is 0. The van der Waals surface area contributed by atoms with E-state index in [1.165, 1.54) is 28.1 Å². The summed E-state index contributed by atoms with van der Waals surface area (Å²) in [5.41, 5.74) is 3.07. The lowest BCUT2D eigenvalue weighted by molar-refractivity contribution is -0.132. The average Bonchev–Trinajstić information content (AvgIpc) is 2.56. The highest BCUT2D eigenvalue weighted by molar-refractivity contribution is 5.76. The third-order valence-electron chi connectivity index (χ3n) is 4.09. The van der Waals surface area contributed by atoms with E-state index in [4.69, 9.17) is 0 Å². The van der Waals surface area contributed by atoms with E-state index in [1.807, 2.05) is 24.0 Å². The number of carbonyl (C=O) groups is 1. The number of fused-ring (bicyclic) bond motifs is 1. The number of amides is 1. The van der Waals surface area contributed by atoms with Crippen LogP contribution in [0.25, 0.3) is 0 Å². The van der Waals surface area contributed by atoms with Gasteiger partial charge in [0.25, 0.3) is 5.56 Å². The maximum Gasteiger partial charge on any atom is 0.253 e. The minimum Gasteiger partial charge on any atom is -0.336 e. The topological polar surface area (TPSA) is 55.2 Å². The molecule has 0 N–H and O–H groups in total. The molecule has 3 rings (SSSR count). The van der Waals surface area contributed by atoms with E-state index in [2.05, 4.69) is 17.1 Å². The normalized spacial score (nSPS) is 13.8. The third-order valence-corrected chi connectivity index (χ3v) is 4.09.